The fraction of sp³-hybridized carbons (Fsp3) is 0.0577. The molecule has 21 aromatic rings. The predicted molar refractivity (Wildman–Crippen MR) is 456 cm³/mol. The van der Waals surface area contributed by atoms with Crippen molar-refractivity contribution >= 4 is 164 Å². The van der Waals surface area contributed by atoms with Gasteiger partial charge in [-0.25, -0.2) is 0 Å². The van der Waals surface area contributed by atoms with E-state index in [0.717, 1.165) is 122 Å². The topological polar surface area (TPSA) is 32.8 Å². The summed E-state index contributed by atoms with van der Waals surface area (Å²) in [6.07, 6.45) is 0. The molecular formula is C104H68N2O2. The van der Waals surface area contributed by atoms with Gasteiger partial charge in [-0.2, -0.15) is 0 Å². The largest absolute Gasteiger partial charge is 0.455 e. The van der Waals surface area contributed by atoms with E-state index in [4.69, 9.17) is 8.83 Å². The molecule has 2 aliphatic carbocycles. The molecule has 0 unspecified atom stereocenters. The molecule has 0 spiro atoms. The minimum absolute atomic E-state index is 0.346. The number of para-hydroxylation sites is 4. The maximum Gasteiger partial charge on any atom is 0.143 e. The van der Waals surface area contributed by atoms with Gasteiger partial charge in [-0.15, -0.1) is 0 Å². The average Bonchev–Trinajstić information content (AvgIpc) is 1.56. The predicted octanol–water partition coefficient (Wildman–Crippen LogP) is 29.6. The fourth-order valence-corrected chi connectivity index (χ4v) is 19.4. The fourth-order valence-electron chi connectivity index (χ4n) is 19.4. The molecule has 0 radical (unpaired) electrons. The van der Waals surface area contributed by atoms with Crippen LogP contribution in [0, 0.1) is 0 Å². The molecule has 19 aromatic carbocycles. The van der Waals surface area contributed by atoms with Gasteiger partial charge in [-0.3, -0.25) is 0 Å². The first-order chi connectivity index (χ1) is 53.1. The lowest BCUT2D eigenvalue weighted by Crippen LogP contribution is -2.17. The first-order valence-electron chi connectivity index (χ1n) is 37.7. The maximum atomic E-state index is 6.72. The van der Waals surface area contributed by atoms with Gasteiger partial charge in [0.2, 0.25) is 0 Å². The van der Waals surface area contributed by atoms with E-state index in [1.807, 2.05) is 6.07 Å². The summed E-state index contributed by atoms with van der Waals surface area (Å²) in [5.41, 5.74) is 23.9. The second kappa shape index (κ2) is 22.5. The number of nitrogens with zero attached hydrogens (tertiary/aromatic N) is 2. The first-order valence-corrected chi connectivity index (χ1v) is 37.7. The second-order valence-electron chi connectivity index (χ2n) is 30.9. The highest BCUT2D eigenvalue weighted by Crippen LogP contribution is 2.58. The normalized spacial score (nSPS) is 13.5. The highest BCUT2D eigenvalue weighted by Gasteiger charge is 2.39. The molecule has 23 rings (SSSR count). The SMILES string of the molecule is CC1(C)c2cc(N(c3ccc(-c4cccc5c4oc4ccccc45)cc3)c3cccc4c(N(c5ccc(-c6cccc7c6oc6ccccc67)cc5)c5ccc6c(c5)C(C)(C)c5cc7c8ccccc8c8ccccc8c7cc5-6)c5ccccc5cc34)ccc2-c2cc3c4ccccc4c4ccccc4c3cc21. The Labute approximate surface area is 623 Å². The molecule has 0 N–H and O–H groups in total. The smallest absolute Gasteiger partial charge is 0.143 e. The van der Waals surface area contributed by atoms with E-state index < -0.39 is 0 Å². The molecule has 2 aliphatic rings. The molecule has 4 heteroatoms. The quantitative estimate of drug-likeness (QED) is 0.112. The Morgan fingerprint density at radius 2 is 0.556 bits per heavy atom. The van der Waals surface area contributed by atoms with E-state index in [1.54, 1.807) is 0 Å². The van der Waals surface area contributed by atoms with E-state index in [-0.39, 0.29) is 10.8 Å². The van der Waals surface area contributed by atoms with Gasteiger partial charge in [-0.1, -0.05) is 270 Å². The van der Waals surface area contributed by atoms with Crippen molar-refractivity contribution in [2.75, 3.05) is 9.80 Å². The summed E-state index contributed by atoms with van der Waals surface area (Å²) in [6.45, 7) is 9.71. The van der Waals surface area contributed by atoms with Crippen molar-refractivity contribution in [2.45, 2.75) is 38.5 Å². The number of hydrogen-bond acceptors (Lipinski definition) is 4. The molecule has 0 atom stereocenters. The Balaban J connectivity index is 0.743. The highest BCUT2D eigenvalue weighted by atomic mass is 16.3. The number of rotatable bonds is 8. The maximum absolute atomic E-state index is 6.72. The number of anilines is 6. The third-order valence-electron chi connectivity index (χ3n) is 24.6. The molecule has 2 aromatic heterocycles. The standard InChI is InChI=1S/C104H68N2O2/c1-103(2)93-55-66(50-52-79(93)90-57-86-75-28-11-7-24-71(75)73-26-9-13-30-77(73)88(86)59-95(90)103)105(64-46-42-61(43-47-64)69-34-19-37-84-81-32-15-17-40-98(81)107-101(69)84)97-39-21-36-83-92(97)54-63-22-5-6-23-68(63)100(83)106(65-48-44-62(45-49-65)70-35-20-38-85-82-33-16-18-41-99(82)108-102(70)85)67-51-53-80-91-58-87-76-29-12-8-25-72(76)74-27-10-14-31-78(74)89(87)60-96(91)104(3,4)94(80)56-67/h5-60H,1-4H3. The Kier molecular flexibility index (Phi) is 12.7. The Morgan fingerprint density at radius 3 is 1.02 bits per heavy atom. The van der Waals surface area contributed by atoms with Crippen molar-refractivity contribution in [3.05, 3.63) is 362 Å². The number of hydrogen-bond donors (Lipinski definition) is 0. The molecule has 0 amide bonds. The van der Waals surface area contributed by atoms with Crippen molar-refractivity contribution in [2.24, 2.45) is 0 Å². The zero-order valence-electron chi connectivity index (χ0n) is 60.0. The van der Waals surface area contributed by atoms with Crippen molar-refractivity contribution in [3.8, 4) is 44.5 Å². The molecule has 0 saturated carbocycles. The summed E-state index contributed by atoms with van der Waals surface area (Å²) in [5.74, 6) is 0. The van der Waals surface area contributed by atoms with Gasteiger partial charge in [0.05, 0.1) is 11.4 Å². The van der Waals surface area contributed by atoms with Crippen LogP contribution >= 0.6 is 0 Å². The van der Waals surface area contributed by atoms with Crippen LogP contribution in [0.3, 0.4) is 0 Å². The molecule has 2 heterocycles. The van der Waals surface area contributed by atoms with Gasteiger partial charge in [0.1, 0.15) is 22.3 Å². The van der Waals surface area contributed by atoms with E-state index in [1.165, 1.54) is 109 Å². The van der Waals surface area contributed by atoms with Crippen LogP contribution in [0.2, 0.25) is 0 Å². The molecule has 0 fully saturated rings. The molecule has 506 valence electrons. The van der Waals surface area contributed by atoms with Crippen molar-refractivity contribution in [1.82, 2.24) is 0 Å². The third kappa shape index (κ3) is 8.62. The van der Waals surface area contributed by atoms with Crippen molar-refractivity contribution in [3.63, 3.8) is 0 Å². The minimum Gasteiger partial charge on any atom is -0.455 e. The molecule has 0 aliphatic heterocycles. The van der Waals surface area contributed by atoms with Crippen LogP contribution in [0.5, 0.6) is 0 Å². The number of benzene rings is 19. The van der Waals surface area contributed by atoms with Gasteiger partial charge in [0, 0.05) is 82.4 Å². The van der Waals surface area contributed by atoms with E-state index >= 15 is 0 Å². The first kappa shape index (κ1) is 60.8. The van der Waals surface area contributed by atoms with Crippen LogP contribution in [0.25, 0.3) is 175 Å². The molecule has 0 bridgehead atoms. The molecule has 4 nitrogen and oxygen atoms in total. The van der Waals surface area contributed by atoms with Crippen LogP contribution in [-0.2, 0) is 10.8 Å². The van der Waals surface area contributed by atoms with Gasteiger partial charge < -0.3 is 18.6 Å². The summed E-state index contributed by atoms with van der Waals surface area (Å²) in [6, 6.07) is 127. The lowest BCUT2D eigenvalue weighted by atomic mass is 9.81. The van der Waals surface area contributed by atoms with Crippen molar-refractivity contribution < 1.29 is 8.83 Å². The zero-order chi connectivity index (χ0) is 71.4. The van der Waals surface area contributed by atoms with E-state index in [0.29, 0.717) is 0 Å². The molecule has 0 saturated heterocycles. The number of fused-ring (bicyclic) bond motifs is 26. The summed E-state index contributed by atoms with van der Waals surface area (Å²) in [7, 11) is 0. The Morgan fingerprint density at radius 1 is 0.213 bits per heavy atom. The number of furan rings is 2. The molecular weight excluding hydrogens is 1310 g/mol. The summed E-state index contributed by atoms with van der Waals surface area (Å²) in [5, 5.41) is 24.4. The van der Waals surface area contributed by atoms with E-state index in [9.17, 15) is 0 Å². The Hall–Kier alpha value is -13.5. The lowest BCUT2D eigenvalue weighted by molar-refractivity contribution is 0.661. The van der Waals surface area contributed by atoms with Crippen LogP contribution < -0.4 is 9.80 Å². The van der Waals surface area contributed by atoms with Crippen LogP contribution in [-0.4, -0.2) is 0 Å². The lowest BCUT2D eigenvalue weighted by Gasteiger charge is -2.32. The second-order valence-corrected chi connectivity index (χ2v) is 30.9. The summed E-state index contributed by atoms with van der Waals surface area (Å²) in [4.78, 5) is 5.08. The average molecular weight is 1380 g/mol. The van der Waals surface area contributed by atoms with Crippen LogP contribution in [0.4, 0.5) is 34.1 Å². The van der Waals surface area contributed by atoms with Crippen LogP contribution in [0.1, 0.15) is 49.9 Å². The van der Waals surface area contributed by atoms with Gasteiger partial charge in [0.15, 0.2) is 0 Å². The van der Waals surface area contributed by atoms with Crippen molar-refractivity contribution in [1.29, 1.82) is 0 Å². The van der Waals surface area contributed by atoms with Gasteiger partial charge in [-0.05, 0) is 223 Å². The summed E-state index contributed by atoms with van der Waals surface area (Å²) < 4.78 is 13.4. The van der Waals surface area contributed by atoms with Crippen LogP contribution in [0.15, 0.2) is 349 Å². The zero-order valence-corrected chi connectivity index (χ0v) is 60.0. The van der Waals surface area contributed by atoms with Gasteiger partial charge >= 0.3 is 0 Å². The van der Waals surface area contributed by atoms with Gasteiger partial charge in [0.25, 0.3) is 0 Å². The highest BCUT2D eigenvalue weighted by molar-refractivity contribution is 6.28. The Bertz CT molecular complexity index is 7500. The molecule has 108 heavy (non-hydrogen) atoms. The third-order valence-corrected chi connectivity index (χ3v) is 24.6. The minimum atomic E-state index is -0.354. The monoisotopic (exact) mass is 1380 g/mol. The van der Waals surface area contributed by atoms with E-state index in [2.05, 4.69) is 371 Å². The summed E-state index contributed by atoms with van der Waals surface area (Å²) >= 11 is 0.